The number of nitrogens with zero attached hydrogens (tertiary/aromatic N) is 1. The van der Waals surface area contributed by atoms with Gasteiger partial charge in [-0.05, 0) is 12.3 Å². The summed E-state index contributed by atoms with van der Waals surface area (Å²) in [6, 6.07) is 0. The number of aliphatic carboxylic acids is 1. The molecule has 1 aliphatic carbocycles. The Kier molecular flexibility index (Phi) is 3.74. The molecule has 16 heavy (non-hydrogen) atoms. The number of rotatable bonds is 3. The van der Waals surface area contributed by atoms with Crippen molar-refractivity contribution in [2.24, 2.45) is 5.92 Å². The third-order valence-corrected chi connectivity index (χ3v) is 3.14. The first kappa shape index (κ1) is 11.4. The molecular formula is C12H18N2O2. The molecule has 1 heterocycles. The van der Waals surface area contributed by atoms with Gasteiger partial charge in [0.25, 0.3) is 0 Å². The summed E-state index contributed by atoms with van der Waals surface area (Å²) in [5.74, 6) is -0.349. The maximum absolute atomic E-state index is 10.7. The molecule has 4 nitrogen and oxygen atoms in total. The quantitative estimate of drug-likeness (QED) is 0.729. The molecule has 1 fully saturated rings. The molecule has 4 heteroatoms. The number of hydrogen-bond donors (Lipinski definition) is 2. The van der Waals surface area contributed by atoms with Gasteiger partial charge in [-0.25, -0.2) is 4.79 Å². The third-order valence-electron chi connectivity index (χ3n) is 3.14. The molecule has 2 N–H and O–H groups in total. The van der Waals surface area contributed by atoms with Gasteiger partial charge in [-0.2, -0.15) is 0 Å². The summed E-state index contributed by atoms with van der Waals surface area (Å²) in [7, 11) is 0. The summed E-state index contributed by atoms with van der Waals surface area (Å²) >= 11 is 0. The van der Waals surface area contributed by atoms with Gasteiger partial charge in [0, 0.05) is 32.7 Å². The maximum Gasteiger partial charge on any atom is 0.335 e. The second-order valence-corrected chi connectivity index (χ2v) is 4.37. The topological polar surface area (TPSA) is 52.6 Å². The van der Waals surface area contributed by atoms with E-state index in [1.807, 2.05) is 12.2 Å². The van der Waals surface area contributed by atoms with Crippen molar-refractivity contribution in [1.29, 1.82) is 0 Å². The number of allylic oxidation sites excluding steroid dienone is 1. The number of hydrogen-bond acceptors (Lipinski definition) is 3. The van der Waals surface area contributed by atoms with Crippen LogP contribution in [0.5, 0.6) is 0 Å². The minimum absolute atomic E-state index is 0.427. The highest BCUT2D eigenvalue weighted by Gasteiger charge is 2.17. The van der Waals surface area contributed by atoms with E-state index in [0.717, 1.165) is 39.1 Å². The van der Waals surface area contributed by atoms with Crippen molar-refractivity contribution in [2.75, 3.05) is 32.7 Å². The van der Waals surface area contributed by atoms with E-state index in [2.05, 4.69) is 10.2 Å². The molecule has 0 aromatic heterocycles. The van der Waals surface area contributed by atoms with Crippen LogP contribution >= 0.6 is 0 Å². The van der Waals surface area contributed by atoms with Crippen molar-refractivity contribution < 1.29 is 9.90 Å². The summed E-state index contributed by atoms with van der Waals surface area (Å²) in [4.78, 5) is 13.1. The minimum Gasteiger partial charge on any atom is -0.478 e. The van der Waals surface area contributed by atoms with Crippen molar-refractivity contribution in [3.8, 4) is 0 Å². The third kappa shape index (κ3) is 2.93. The van der Waals surface area contributed by atoms with Gasteiger partial charge in [0.2, 0.25) is 0 Å². The molecule has 0 spiro atoms. The fourth-order valence-electron chi connectivity index (χ4n) is 2.18. The van der Waals surface area contributed by atoms with E-state index in [-0.39, 0.29) is 0 Å². The Morgan fingerprint density at radius 2 is 2.25 bits per heavy atom. The van der Waals surface area contributed by atoms with Crippen LogP contribution in [0.1, 0.15) is 6.42 Å². The molecule has 0 aromatic carbocycles. The summed E-state index contributed by atoms with van der Waals surface area (Å²) in [5, 5.41) is 12.1. The predicted molar refractivity (Wildman–Crippen MR) is 62.3 cm³/mol. The van der Waals surface area contributed by atoms with Crippen molar-refractivity contribution in [2.45, 2.75) is 6.42 Å². The fourth-order valence-corrected chi connectivity index (χ4v) is 2.18. The molecule has 1 saturated heterocycles. The van der Waals surface area contributed by atoms with E-state index in [4.69, 9.17) is 5.11 Å². The lowest BCUT2D eigenvalue weighted by Crippen LogP contribution is -2.45. The molecule has 1 atom stereocenters. The van der Waals surface area contributed by atoms with Crippen molar-refractivity contribution in [1.82, 2.24) is 10.2 Å². The smallest absolute Gasteiger partial charge is 0.335 e. The number of nitrogens with one attached hydrogen (secondary N) is 1. The van der Waals surface area contributed by atoms with Gasteiger partial charge in [-0.1, -0.05) is 18.2 Å². The number of piperazine rings is 1. The number of carbonyl (C=O) groups is 1. The zero-order valence-corrected chi connectivity index (χ0v) is 9.35. The summed E-state index contributed by atoms with van der Waals surface area (Å²) in [6.07, 6.45) is 6.45. The molecule has 1 aliphatic heterocycles. The molecule has 2 aliphatic rings. The molecule has 0 aromatic rings. The Labute approximate surface area is 95.6 Å². The van der Waals surface area contributed by atoms with Crippen LogP contribution in [-0.4, -0.2) is 48.7 Å². The van der Waals surface area contributed by atoms with E-state index >= 15 is 0 Å². The lowest BCUT2D eigenvalue weighted by molar-refractivity contribution is -0.132. The van der Waals surface area contributed by atoms with Crippen LogP contribution < -0.4 is 5.32 Å². The van der Waals surface area contributed by atoms with Crippen LogP contribution in [0.2, 0.25) is 0 Å². The molecule has 0 radical (unpaired) electrons. The second-order valence-electron chi connectivity index (χ2n) is 4.37. The molecular weight excluding hydrogens is 204 g/mol. The van der Waals surface area contributed by atoms with E-state index in [0.29, 0.717) is 11.5 Å². The van der Waals surface area contributed by atoms with Gasteiger partial charge < -0.3 is 15.3 Å². The normalized spacial score (nSPS) is 26.5. The largest absolute Gasteiger partial charge is 0.478 e. The van der Waals surface area contributed by atoms with Gasteiger partial charge >= 0.3 is 5.97 Å². The van der Waals surface area contributed by atoms with Crippen molar-refractivity contribution in [3.05, 3.63) is 23.8 Å². The SMILES string of the molecule is O=C(O)C1=CCC(CN2CCNCC2)C=C1. The first-order valence-corrected chi connectivity index (χ1v) is 5.80. The summed E-state index contributed by atoms with van der Waals surface area (Å²) < 4.78 is 0. The zero-order chi connectivity index (χ0) is 11.4. The van der Waals surface area contributed by atoms with Crippen LogP contribution in [0.25, 0.3) is 0 Å². The van der Waals surface area contributed by atoms with Crippen LogP contribution in [0.4, 0.5) is 0 Å². The second kappa shape index (κ2) is 5.27. The number of carboxylic acids is 1. The van der Waals surface area contributed by atoms with Crippen LogP contribution in [0.15, 0.2) is 23.8 Å². The first-order chi connectivity index (χ1) is 7.75. The Hall–Kier alpha value is -1.13. The zero-order valence-electron chi connectivity index (χ0n) is 9.35. The molecule has 88 valence electrons. The van der Waals surface area contributed by atoms with Crippen molar-refractivity contribution >= 4 is 5.97 Å². The van der Waals surface area contributed by atoms with E-state index < -0.39 is 5.97 Å². The van der Waals surface area contributed by atoms with Crippen LogP contribution in [0.3, 0.4) is 0 Å². The monoisotopic (exact) mass is 222 g/mol. The molecule has 0 bridgehead atoms. The summed E-state index contributed by atoms with van der Waals surface area (Å²) in [5.41, 5.74) is 0.427. The Bertz CT molecular complexity index is 317. The van der Waals surface area contributed by atoms with E-state index in [9.17, 15) is 4.79 Å². The van der Waals surface area contributed by atoms with Gasteiger partial charge in [0.05, 0.1) is 5.57 Å². The summed E-state index contributed by atoms with van der Waals surface area (Å²) in [6.45, 7) is 5.36. The fraction of sp³-hybridized carbons (Fsp3) is 0.583. The highest BCUT2D eigenvalue weighted by atomic mass is 16.4. The van der Waals surface area contributed by atoms with Crippen LogP contribution in [0, 0.1) is 5.92 Å². The van der Waals surface area contributed by atoms with E-state index in [1.165, 1.54) is 0 Å². The highest BCUT2D eigenvalue weighted by Crippen LogP contribution is 2.17. The lowest BCUT2D eigenvalue weighted by Gasteiger charge is -2.30. The van der Waals surface area contributed by atoms with Gasteiger partial charge in [0.1, 0.15) is 0 Å². The minimum atomic E-state index is -0.822. The molecule has 1 unspecified atom stereocenters. The van der Waals surface area contributed by atoms with Crippen molar-refractivity contribution in [3.63, 3.8) is 0 Å². The lowest BCUT2D eigenvalue weighted by atomic mass is 9.96. The van der Waals surface area contributed by atoms with E-state index in [1.54, 1.807) is 6.08 Å². The highest BCUT2D eigenvalue weighted by molar-refractivity contribution is 5.90. The van der Waals surface area contributed by atoms with Gasteiger partial charge in [-0.3, -0.25) is 0 Å². The van der Waals surface area contributed by atoms with Crippen LogP contribution in [-0.2, 0) is 4.79 Å². The van der Waals surface area contributed by atoms with Gasteiger partial charge in [0.15, 0.2) is 0 Å². The Balaban J connectivity index is 1.81. The first-order valence-electron chi connectivity index (χ1n) is 5.80. The Morgan fingerprint density at radius 1 is 1.50 bits per heavy atom. The molecule has 0 amide bonds. The molecule has 0 saturated carbocycles. The standard InChI is InChI=1S/C12H18N2O2/c15-12(16)11-3-1-10(2-4-11)9-14-7-5-13-6-8-14/h1,3-4,10,13H,2,5-9H2,(H,15,16). The Morgan fingerprint density at radius 3 is 2.81 bits per heavy atom. The average molecular weight is 222 g/mol. The number of carboxylic acid groups (broad SMARTS) is 1. The predicted octanol–water partition coefficient (Wildman–Crippen LogP) is 0.479. The van der Waals surface area contributed by atoms with Gasteiger partial charge in [-0.15, -0.1) is 0 Å². The average Bonchev–Trinajstić information content (AvgIpc) is 2.31. The maximum atomic E-state index is 10.7. The molecule has 2 rings (SSSR count).